The van der Waals surface area contributed by atoms with Crippen LogP contribution in [0.2, 0.25) is 0 Å². The van der Waals surface area contributed by atoms with Gasteiger partial charge in [-0.2, -0.15) is 0 Å². The fourth-order valence-electron chi connectivity index (χ4n) is 1.77. The summed E-state index contributed by atoms with van der Waals surface area (Å²) in [5.41, 5.74) is 0. The van der Waals surface area contributed by atoms with Gasteiger partial charge in [0.05, 0.1) is 14.2 Å². The van der Waals surface area contributed by atoms with E-state index in [1.807, 2.05) is 13.8 Å². The van der Waals surface area contributed by atoms with E-state index >= 15 is 0 Å². The molecule has 1 fully saturated rings. The van der Waals surface area contributed by atoms with E-state index in [2.05, 4.69) is 9.47 Å². The molecule has 0 bridgehead atoms. The Hall–Kier alpha value is -1.14. The van der Waals surface area contributed by atoms with Crippen LogP contribution in [0.5, 0.6) is 0 Å². The minimum absolute atomic E-state index is 0.532. The molecule has 1 rings (SSSR count). The molecule has 0 aromatic heterocycles. The lowest BCUT2D eigenvalue weighted by Gasteiger charge is -2.24. The van der Waals surface area contributed by atoms with E-state index in [-0.39, 0.29) is 0 Å². The number of carbonyl (C=O) groups excluding carboxylic acids is 2. The second kappa shape index (κ2) is 5.46. The van der Waals surface area contributed by atoms with Gasteiger partial charge in [-0.25, -0.2) is 9.59 Å². The Labute approximate surface area is 100 Å². The molecule has 6 heteroatoms. The maximum absolute atomic E-state index is 11.5. The van der Waals surface area contributed by atoms with Gasteiger partial charge >= 0.3 is 11.9 Å². The maximum atomic E-state index is 11.5. The van der Waals surface area contributed by atoms with Crippen molar-refractivity contribution in [2.75, 3.05) is 14.2 Å². The first-order valence-electron chi connectivity index (χ1n) is 5.54. The molecule has 2 atom stereocenters. The molecular formula is C11H18O6. The summed E-state index contributed by atoms with van der Waals surface area (Å²) in [7, 11) is 2.47. The van der Waals surface area contributed by atoms with Crippen LogP contribution in [0.15, 0.2) is 0 Å². The first-order chi connectivity index (χ1) is 8.03. The van der Waals surface area contributed by atoms with Crippen molar-refractivity contribution in [3.8, 4) is 0 Å². The molecule has 0 spiro atoms. The number of carbonyl (C=O) groups is 2. The van der Waals surface area contributed by atoms with Crippen LogP contribution in [0.4, 0.5) is 0 Å². The Kier molecular flexibility index (Phi) is 4.47. The van der Waals surface area contributed by atoms with Crippen LogP contribution >= 0.6 is 0 Å². The van der Waals surface area contributed by atoms with Crippen molar-refractivity contribution in [2.45, 2.75) is 44.7 Å². The minimum atomic E-state index is -1.06. The predicted molar refractivity (Wildman–Crippen MR) is 57.1 cm³/mol. The Morgan fingerprint density at radius 1 is 1.00 bits per heavy atom. The van der Waals surface area contributed by atoms with Crippen LogP contribution in [0, 0.1) is 0 Å². The predicted octanol–water partition coefficient (Wildman–Crippen LogP) is 0.633. The monoisotopic (exact) mass is 246 g/mol. The molecule has 0 unspecified atom stereocenters. The lowest BCUT2D eigenvalue weighted by atomic mass is 10.1. The van der Waals surface area contributed by atoms with E-state index in [4.69, 9.17) is 9.47 Å². The standard InChI is InChI=1S/C11H18O6/c1-5-11(6-2)16-7(9(12)14-3)8(17-11)10(13)15-4/h7-8H,5-6H2,1-4H3/t7-,8-/m1/s1. The fourth-order valence-corrected chi connectivity index (χ4v) is 1.77. The quantitative estimate of drug-likeness (QED) is 0.678. The molecule has 1 heterocycles. The van der Waals surface area contributed by atoms with Gasteiger partial charge in [0.15, 0.2) is 18.0 Å². The van der Waals surface area contributed by atoms with Gasteiger partial charge in [0, 0.05) is 0 Å². The van der Waals surface area contributed by atoms with Crippen LogP contribution in [-0.2, 0) is 28.5 Å². The van der Waals surface area contributed by atoms with Gasteiger partial charge in [-0.15, -0.1) is 0 Å². The van der Waals surface area contributed by atoms with Crippen molar-refractivity contribution in [3.05, 3.63) is 0 Å². The average molecular weight is 246 g/mol. The normalized spacial score (nSPS) is 26.6. The molecule has 0 aliphatic carbocycles. The Bertz CT molecular complexity index is 270. The Balaban J connectivity index is 2.93. The summed E-state index contributed by atoms with van der Waals surface area (Å²) in [5.74, 6) is -2.19. The third kappa shape index (κ3) is 2.58. The summed E-state index contributed by atoms with van der Waals surface area (Å²) in [5, 5.41) is 0. The van der Waals surface area contributed by atoms with Gasteiger partial charge < -0.3 is 18.9 Å². The third-order valence-electron chi connectivity index (χ3n) is 2.90. The van der Waals surface area contributed by atoms with Gasteiger partial charge in [-0.3, -0.25) is 0 Å². The first-order valence-corrected chi connectivity index (χ1v) is 5.54. The molecule has 1 aliphatic rings. The van der Waals surface area contributed by atoms with Crippen molar-refractivity contribution in [1.82, 2.24) is 0 Å². The molecule has 1 saturated heterocycles. The van der Waals surface area contributed by atoms with Crippen LogP contribution in [0.3, 0.4) is 0 Å². The summed E-state index contributed by atoms with van der Waals surface area (Å²) in [6.07, 6.45) is -1.06. The van der Waals surface area contributed by atoms with Crippen LogP contribution < -0.4 is 0 Å². The first kappa shape index (κ1) is 13.9. The Morgan fingerprint density at radius 2 is 1.35 bits per heavy atom. The highest BCUT2D eigenvalue weighted by atomic mass is 16.8. The molecule has 1 aliphatic heterocycles. The zero-order chi connectivity index (χ0) is 13.1. The van der Waals surface area contributed by atoms with Gasteiger partial charge in [0.25, 0.3) is 0 Å². The number of ether oxygens (including phenoxy) is 4. The molecule has 17 heavy (non-hydrogen) atoms. The summed E-state index contributed by atoms with van der Waals surface area (Å²) >= 11 is 0. The van der Waals surface area contributed by atoms with Gasteiger partial charge in [-0.1, -0.05) is 13.8 Å². The van der Waals surface area contributed by atoms with Gasteiger partial charge in [-0.05, 0) is 12.8 Å². The van der Waals surface area contributed by atoms with E-state index in [0.717, 1.165) is 0 Å². The largest absolute Gasteiger partial charge is 0.467 e. The lowest BCUT2D eigenvalue weighted by molar-refractivity contribution is -0.191. The van der Waals surface area contributed by atoms with Crippen LogP contribution in [0.25, 0.3) is 0 Å². The number of rotatable bonds is 4. The van der Waals surface area contributed by atoms with Crippen LogP contribution in [-0.4, -0.2) is 44.2 Å². The van der Waals surface area contributed by atoms with Gasteiger partial charge in [0.1, 0.15) is 0 Å². The fraction of sp³-hybridized carbons (Fsp3) is 0.818. The number of methoxy groups -OCH3 is 2. The van der Waals surface area contributed by atoms with E-state index in [1.54, 1.807) is 0 Å². The minimum Gasteiger partial charge on any atom is -0.467 e. The zero-order valence-corrected chi connectivity index (χ0v) is 10.5. The van der Waals surface area contributed by atoms with E-state index in [1.165, 1.54) is 14.2 Å². The summed E-state index contributed by atoms with van der Waals surface area (Å²) in [6.45, 7) is 3.72. The highest BCUT2D eigenvalue weighted by Crippen LogP contribution is 2.35. The van der Waals surface area contributed by atoms with Crippen molar-refractivity contribution in [2.24, 2.45) is 0 Å². The zero-order valence-electron chi connectivity index (χ0n) is 10.5. The number of hydrogen-bond acceptors (Lipinski definition) is 6. The Morgan fingerprint density at radius 3 is 1.59 bits per heavy atom. The molecule has 0 aromatic carbocycles. The molecular weight excluding hydrogens is 228 g/mol. The SMILES string of the molecule is CCC1(CC)O[C@@H](C(=O)OC)[C@H](C(=O)OC)O1. The number of esters is 2. The molecule has 0 radical (unpaired) electrons. The smallest absolute Gasteiger partial charge is 0.338 e. The molecule has 0 amide bonds. The highest BCUT2D eigenvalue weighted by molar-refractivity contribution is 5.86. The average Bonchev–Trinajstić information content (AvgIpc) is 2.77. The molecule has 98 valence electrons. The van der Waals surface area contributed by atoms with Crippen molar-refractivity contribution >= 4 is 11.9 Å². The molecule has 0 N–H and O–H groups in total. The molecule has 0 aromatic rings. The van der Waals surface area contributed by atoms with E-state index in [9.17, 15) is 9.59 Å². The second-order valence-corrected chi connectivity index (χ2v) is 3.74. The summed E-state index contributed by atoms with van der Waals surface area (Å²) in [4.78, 5) is 23.1. The van der Waals surface area contributed by atoms with Crippen molar-refractivity contribution in [1.29, 1.82) is 0 Å². The highest BCUT2D eigenvalue weighted by Gasteiger charge is 2.52. The van der Waals surface area contributed by atoms with Crippen LogP contribution in [0.1, 0.15) is 26.7 Å². The maximum Gasteiger partial charge on any atom is 0.338 e. The number of hydrogen-bond donors (Lipinski definition) is 0. The summed E-state index contributed by atoms with van der Waals surface area (Å²) < 4.78 is 20.3. The lowest BCUT2D eigenvalue weighted by Crippen LogP contribution is -2.38. The molecule has 0 saturated carbocycles. The second-order valence-electron chi connectivity index (χ2n) is 3.74. The van der Waals surface area contributed by atoms with Gasteiger partial charge in [0.2, 0.25) is 0 Å². The van der Waals surface area contributed by atoms with E-state index < -0.39 is 29.9 Å². The van der Waals surface area contributed by atoms with Crippen molar-refractivity contribution in [3.63, 3.8) is 0 Å². The van der Waals surface area contributed by atoms with E-state index in [0.29, 0.717) is 12.8 Å². The third-order valence-corrected chi connectivity index (χ3v) is 2.90. The van der Waals surface area contributed by atoms with Crippen molar-refractivity contribution < 1.29 is 28.5 Å². The topological polar surface area (TPSA) is 71.1 Å². The molecule has 6 nitrogen and oxygen atoms in total. The summed E-state index contributed by atoms with van der Waals surface area (Å²) in [6, 6.07) is 0.